The minimum absolute atomic E-state index is 0.161. The molecule has 0 saturated heterocycles. The van der Waals surface area contributed by atoms with Crippen molar-refractivity contribution in [3.8, 4) is 28.6 Å². The summed E-state index contributed by atoms with van der Waals surface area (Å²) in [4.78, 5) is 12.4. The molecule has 5 nitrogen and oxygen atoms in total. The van der Waals surface area contributed by atoms with Crippen LogP contribution in [0.3, 0.4) is 0 Å². The third-order valence-electron chi connectivity index (χ3n) is 4.07. The van der Waals surface area contributed by atoms with E-state index in [4.69, 9.17) is 18.6 Å². The number of hydrogen-bond acceptors (Lipinski definition) is 5. The van der Waals surface area contributed by atoms with Crippen LogP contribution in [-0.4, -0.2) is 27.1 Å². The van der Waals surface area contributed by atoms with Crippen LogP contribution < -0.4 is 14.2 Å². The van der Waals surface area contributed by atoms with Gasteiger partial charge in [0.15, 0.2) is 17.3 Å². The number of carbonyl (C=O) groups is 1. The van der Waals surface area contributed by atoms with E-state index >= 15 is 0 Å². The first-order chi connectivity index (χ1) is 13.2. The zero-order chi connectivity index (χ0) is 19.2. The molecule has 3 aromatic rings. The van der Waals surface area contributed by atoms with E-state index < -0.39 is 0 Å². The molecule has 0 amide bonds. The van der Waals surface area contributed by atoms with Gasteiger partial charge in [-0.1, -0.05) is 12.1 Å². The Hall–Kier alpha value is -3.47. The van der Waals surface area contributed by atoms with E-state index in [0.29, 0.717) is 28.6 Å². The lowest BCUT2D eigenvalue weighted by atomic mass is 10.1. The second-order valence-electron chi connectivity index (χ2n) is 5.67. The van der Waals surface area contributed by atoms with Gasteiger partial charge < -0.3 is 18.6 Å². The summed E-state index contributed by atoms with van der Waals surface area (Å²) in [6.07, 6.45) is 3.10. The Bertz CT molecular complexity index is 968. The summed E-state index contributed by atoms with van der Waals surface area (Å²) < 4.78 is 21.6. The fourth-order valence-electron chi connectivity index (χ4n) is 2.68. The number of hydrogen-bond donors (Lipinski definition) is 0. The van der Waals surface area contributed by atoms with Crippen LogP contribution in [-0.2, 0) is 0 Å². The van der Waals surface area contributed by atoms with E-state index in [0.717, 1.165) is 11.3 Å². The molecule has 0 unspecified atom stereocenters. The molecule has 0 aliphatic rings. The molecule has 138 valence electrons. The molecular weight excluding hydrogens is 344 g/mol. The van der Waals surface area contributed by atoms with E-state index in [9.17, 15) is 4.79 Å². The van der Waals surface area contributed by atoms with Gasteiger partial charge in [0.25, 0.3) is 0 Å². The van der Waals surface area contributed by atoms with Gasteiger partial charge in [0, 0.05) is 5.56 Å². The Balaban J connectivity index is 1.79. The lowest BCUT2D eigenvalue weighted by Crippen LogP contribution is -1.97. The highest BCUT2D eigenvalue weighted by molar-refractivity contribution is 6.07. The number of ether oxygens (including phenoxy) is 3. The predicted molar refractivity (Wildman–Crippen MR) is 104 cm³/mol. The van der Waals surface area contributed by atoms with Crippen molar-refractivity contribution in [3.05, 3.63) is 72.0 Å². The lowest BCUT2D eigenvalue weighted by molar-refractivity contribution is 0.104. The van der Waals surface area contributed by atoms with Crippen molar-refractivity contribution in [3.63, 3.8) is 0 Å². The molecule has 0 atom stereocenters. The Morgan fingerprint density at radius 2 is 1.59 bits per heavy atom. The number of furan rings is 1. The van der Waals surface area contributed by atoms with Gasteiger partial charge in [-0.2, -0.15) is 0 Å². The molecular formula is C22H20O5. The number of rotatable bonds is 7. The fraction of sp³-hybridized carbons (Fsp3) is 0.136. The summed E-state index contributed by atoms with van der Waals surface area (Å²) in [5.41, 5.74) is 1.35. The Kier molecular flexibility index (Phi) is 5.61. The van der Waals surface area contributed by atoms with Gasteiger partial charge in [0.05, 0.1) is 26.9 Å². The number of allylic oxidation sites excluding steroid dienone is 1. The normalized spacial score (nSPS) is 10.8. The van der Waals surface area contributed by atoms with Gasteiger partial charge in [0.2, 0.25) is 0 Å². The van der Waals surface area contributed by atoms with Crippen molar-refractivity contribution >= 4 is 11.9 Å². The molecule has 0 fully saturated rings. The van der Waals surface area contributed by atoms with Crippen molar-refractivity contribution in [2.75, 3.05) is 21.3 Å². The van der Waals surface area contributed by atoms with Gasteiger partial charge in [0.1, 0.15) is 17.3 Å². The monoisotopic (exact) mass is 364 g/mol. The Morgan fingerprint density at radius 1 is 0.852 bits per heavy atom. The van der Waals surface area contributed by atoms with Gasteiger partial charge in [-0.15, -0.1) is 0 Å². The summed E-state index contributed by atoms with van der Waals surface area (Å²) in [5, 5.41) is 0. The molecule has 0 N–H and O–H groups in total. The second kappa shape index (κ2) is 8.27. The minimum Gasteiger partial charge on any atom is -0.496 e. The largest absolute Gasteiger partial charge is 0.496 e. The molecule has 27 heavy (non-hydrogen) atoms. The number of benzene rings is 2. The van der Waals surface area contributed by atoms with Crippen LogP contribution in [0.5, 0.6) is 17.2 Å². The predicted octanol–water partition coefficient (Wildman–Crippen LogP) is 4.87. The zero-order valence-electron chi connectivity index (χ0n) is 15.4. The first-order valence-electron chi connectivity index (χ1n) is 8.34. The third kappa shape index (κ3) is 4.03. The smallest absolute Gasteiger partial charge is 0.186 e. The van der Waals surface area contributed by atoms with Crippen molar-refractivity contribution in [2.24, 2.45) is 0 Å². The van der Waals surface area contributed by atoms with Crippen molar-refractivity contribution in [1.82, 2.24) is 0 Å². The first-order valence-corrected chi connectivity index (χ1v) is 8.34. The maximum Gasteiger partial charge on any atom is 0.186 e. The molecule has 0 aliphatic heterocycles. The van der Waals surface area contributed by atoms with Crippen LogP contribution in [0.1, 0.15) is 16.1 Å². The summed E-state index contributed by atoms with van der Waals surface area (Å²) in [5.74, 6) is 2.89. The molecule has 2 aromatic carbocycles. The molecule has 1 aromatic heterocycles. The van der Waals surface area contributed by atoms with E-state index in [-0.39, 0.29) is 5.78 Å². The van der Waals surface area contributed by atoms with Crippen LogP contribution in [0.25, 0.3) is 17.4 Å². The van der Waals surface area contributed by atoms with Crippen LogP contribution >= 0.6 is 0 Å². The van der Waals surface area contributed by atoms with Crippen LogP contribution in [0.15, 0.2) is 65.1 Å². The highest BCUT2D eigenvalue weighted by atomic mass is 16.5. The maximum atomic E-state index is 12.4. The van der Waals surface area contributed by atoms with Crippen molar-refractivity contribution in [2.45, 2.75) is 0 Å². The van der Waals surface area contributed by atoms with E-state index in [1.165, 1.54) is 13.2 Å². The van der Waals surface area contributed by atoms with Crippen LogP contribution in [0.4, 0.5) is 0 Å². The third-order valence-corrected chi connectivity index (χ3v) is 4.07. The molecule has 3 rings (SSSR count). The molecule has 0 saturated carbocycles. The number of para-hydroxylation sites is 1. The summed E-state index contributed by atoms with van der Waals surface area (Å²) >= 11 is 0. The van der Waals surface area contributed by atoms with Gasteiger partial charge in [-0.3, -0.25) is 4.79 Å². The molecule has 1 heterocycles. The number of ketones is 1. The SMILES string of the molecule is COc1ccc(C(=O)C=Cc2ccc(-c3ccccc3OC)o2)cc1OC. The Labute approximate surface area is 157 Å². The van der Waals surface area contributed by atoms with Gasteiger partial charge >= 0.3 is 0 Å². The molecule has 0 bridgehead atoms. The first kappa shape index (κ1) is 18.3. The quantitative estimate of drug-likeness (QED) is 0.442. The van der Waals surface area contributed by atoms with Crippen LogP contribution in [0.2, 0.25) is 0 Å². The second-order valence-corrected chi connectivity index (χ2v) is 5.67. The standard InChI is InChI=1S/C22H20O5/c1-24-19-7-5-4-6-17(19)20-13-10-16(27-20)9-11-18(23)15-8-12-21(25-2)22(14-15)26-3/h4-14H,1-3H3. The minimum atomic E-state index is -0.161. The highest BCUT2D eigenvalue weighted by Crippen LogP contribution is 2.31. The fourth-order valence-corrected chi connectivity index (χ4v) is 2.68. The summed E-state index contributed by atoms with van der Waals surface area (Å²) in [6.45, 7) is 0. The molecule has 0 aliphatic carbocycles. The van der Waals surface area contributed by atoms with Crippen molar-refractivity contribution < 1.29 is 23.4 Å². The zero-order valence-corrected chi connectivity index (χ0v) is 15.4. The number of methoxy groups -OCH3 is 3. The van der Waals surface area contributed by atoms with E-state index in [1.807, 2.05) is 30.3 Å². The maximum absolute atomic E-state index is 12.4. The summed E-state index contributed by atoms with van der Waals surface area (Å²) in [7, 11) is 4.70. The molecule has 0 spiro atoms. The average Bonchev–Trinajstić information content (AvgIpc) is 3.20. The highest BCUT2D eigenvalue weighted by Gasteiger charge is 2.10. The van der Waals surface area contributed by atoms with Crippen LogP contribution in [0, 0.1) is 0 Å². The van der Waals surface area contributed by atoms with Gasteiger partial charge in [-0.05, 0) is 54.6 Å². The summed E-state index contributed by atoms with van der Waals surface area (Å²) in [6, 6.07) is 16.3. The molecule has 5 heteroatoms. The van der Waals surface area contributed by atoms with Gasteiger partial charge in [-0.25, -0.2) is 0 Å². The topological polar surface area (TPSA) is 57.9 Å². The van der Waals surface area contributed by atoms with E-state index in [1.54, 1.807) is 44.6 Å². The Morgan fingerprint density at radius 3 is 2.33 bits per heavy atom. The lowest BCUT2D eigenvalue weighted by Gasteiger charge is -2.07. The number of carbonyl (C=O) groups excluding carboxylic acids is 1. The van der Waals surface area contributed by atoms with Crippen molar-refractivity contribution in [1.29, 1.82) is 0 Å². The molecule has 0 radical (unpaired) electrons. The van der Waals surface area contributed by atoms with E-state index in [2.05, 4.69) is 0 Å². The average molecular weight is 364 g/mol.